The molecule has 6 nitrogen and oxygen atoms in total. The highest BCUT2D eigenvalue weighted by atomic mass is 19.4. The number of hydrogen-bond donors (Lipinski definition) is 2. The summed E-state index contributed by atoms with van der Waals surface area (Å²) in [6.07, 6.45) is -4.50. The molecule has 0 radical (unpaired) electrons. The van der Waals surface area contributed by atoms with Crippen molar-refractivity contribution >= 4 is 5.91 Å². The van der Waals surface area contributed by atoms with Crippen LogP contribution in [0.1, 0.15) is 10.5 Å². The van der Waals surface area contributed by atoms with Crippen LogP contribution in [0.3, 0.4) is 0 Å². The zero-order valence-electron chi connectivity index (χ0n) is 12.5. The van der Waals surface area contributed by atoms with Crippen molar-refractivity contribution in [2.45, 2.75) is 6.18 Å². The first-order valence-electron chi connectivity index (χ1n) is 7.03. The van der Waals surface area contributed by atoms with E-state index in [1.54, 1.807) is 30.3 Å². The Morgan fingerprint density at radius 3 is 2.46 bits per heavy atom. The summed E-state index contributed by atoms with van der Waals surface area (Å²) < 4.78 is 38.9. The third kappa shape index (κ3) is 4.19. The van der Waals surface area contributed by atoms with Crippen molar-refractivity contribution < 1.29 is 18.0 Å². The number of carbonyl (C=O) groups is 1. The molecule has 9 heteroatoms. The third-order valence-electron chi connectivity index (χ3n) is 3.29. The number of nitrogens with two attached hydrogens (primary N) is 1. The lowest BCUT2D eigenvalue weighted by Crippen LogP contribution is -2.41. The fourth-order valence-electron chi connectivity index (χ4n) is 1.93. The number of carbonyl (C=O) groups excluding carboxylic acids is 1. The van der Waals surface area contributed by atoms with Crippen molar-refractivity contribution in [3.63, 3.8) is 0 Å². The largest absolute Gasteiger partial charge is 0.394 e. The molecule has 1 aromatic carbocycles. The molecule has 0 aliphatic rings. The smallest absolute Gasteiger partial charge is 0.350 e. The van der Waals surface area contributed by atoms with Crippen LogP contribution >= 0.6 is 0 Å². The van der Waals surface area contributed by atoms with E-state index in [-0.39, 0.29) is 5.69 Å². The van der Waals surface area contributed by atoms with Crippen LogP contribution in [0.15, 0.2) is 47.3 Å². The molecule has 1 atom stereocenters. The van der Waals surface area contributed by atoms with Crippen LogP contribution in [0.5, 0.6) is 0 Å². The zero-order valence-corrected chi connectivity index (χ0v) is 12.5. The topological polar surface area (TPSA) is 90.0 Å². The predicted molar refractivity (Wildman–Crippen MR) is 80.8 cm³/mol. The van der Waals surface area contributed by atoms with E-state index in [0.717, 1.165) is 16.8 Å². The van der Waals surface area contributed by atoms with Gasteiger partial charge in [-0.1, -0.05) is 18.2 Å². The quantitative estimate of drug-likeness (QED) is 0.853. The number of alkyl halides is 3. The number of nitrogens with zero attached hydrogens (tertiary/aromatic N) is 2. The second-order valence-corrected chi connectivity index (χ2v) is 4.99. The predicted octanol–water partition coefficient (Wildman–Crippen LogP) is 1.10. The fraction of sp³-hybridized carbons (Fsp3) is 0.267. The standard InChI is InChI=1S/C15H15F3N4O2/c16-15(17,18)10(8-19)9-20-14(24)12-6-7-13(23)22(21-12)11-4-2-1-3-5-11/h1-7,10H,8-9,19H2,(H,20,24). The highest BCUT2D eigenvalue weighted by molar-refractivity contribution is 5.92. The van der Waals surface area contributed by atoms with Crippen molar-refractivity contribution in [3.8, 4) is 5.69 Å². The molecule has 1 unspecified atom stereocenters. The minimum Gasteiger partial charge on any atom is -0.350 e. The van der Waals surface area contributed by atoms with Crippen molar-refractivity contribution in [1.29, 1.82) is 0 Å². The molecule has 0 saturated carbocycles. The second kappa shape index (κ2) is 7.26. The highest BCUT2D eigenvalue weighted by Gasteiger charge is 2.38. The summed E-state index contributed by atoms with van der Waals surface area (Å²) in [5, 5.41) is 6.03. The van der Waals surface area contributed by atoms with E-state index in [1.165, 1.54) is 0 Å². The number of aromatic nitrogens is 2. The van der Waals surface area contributed by atoms with Crippen LogP contribution in [0, 0.1) is 5.92 Å². The van der Waals surface area contributed by atoms with Crippen molar-refractivity contribution in [2.75, 3.05) is 13.1 Å². The number of benzene rings is 1. The van der Waals surface area contributed by atoms with Gasteiger partial charge in [-0.25, -0.2) is 0 Å². The van der Waals surface area contributed by atoms with Crippen LogP contribution in [-0.2, 0) is 0 Å². The highest BCUT2D eigenvalue weighted by Crippen LogP contribution is 2.24. The van der Waals surface area contributed by atoms with Crippen LogP contribution in [0.2, 0.25) is 0 Å². The summed E-state index contributed by atoms with van der Waals surface area (Å²) in [5.41, 5.74) is 4.87. The van der Waals surface area contributed by atoms with Crippen LogP contribution in [0.4, 0.5) is 13.2 Å². The maximum atomic E-state index is 12.6. The zero-order chi connectivity index (χ0) is 17.7. The molecule has 1 aromatic heterocycles. The first-order chi connectivity index (χ1) is 11.3. The van der Waals surface area contributed by atoms with Crippen molar-refractivity contribution in [3.05, 3.63) is 58.5 Å². The first kappa shape index (κ1) is 17.7. The van der Waals surface area contributed by atoms with Crippen molar-refractivity contribution in [1.82, 2.24) is 15.1 Å². The van der Waals surface area contributed by atoms with E-state index in [0.29, 0.717) is 5.69 Å². The Labute approximate surface area is 135 Å². The van der Waals surface area contributed by atoms with E-state index in [1.807, 2.05) is 0 Å². The van der Waals surface area contributed by atoms with Crippen LogP contribution in [0.25, 0.3) is 5.69 Å². The first-order valence-corrected chi connectivity index (χ1v) is 7.03. The van der Waals surface area contributed by atoms with E-state index in [4.69, 9.17) is 5.73 Å². The van der Waals surface area contributed by atoms with Gasteiger partial charge in [0, 0.05) is 19.2 Å². The number of para-hydroxylation sites is 1. The van der Waals surface area contributed by atoms with Gasteiger partial charge in [0.15, 0.2) is 0 Å². The number of amides is 1. The SMILES string of the molecule is NCC(CNC(=O)c1ccc(=O)n(-c2ccccc2)n1)C(F)(F)F. The molecule has 0 bridgehead atoms. The summed E-state index contributed by atoms with van der Waals surface area (Å²) in [6.45, 7) is -1.30. The van der Waals surface area contributed by atoms with Crippen LogP contribution in [-0.4, -0.2) is 35.0 Å². The number of hydrogen-bond acceptors (Lipinski definition) is 4. The molecule has 1 heterocycles. The Bertz CT molecular complexity index is 759. The van der Waals surface area contributed by atoms with Gasteiger partial charge >= 0.3 is 6.18 Å². The van der Waals surface area contributed by atoms with Gasteiger partial charge in [0.25, 0.3) is 11.5 Å². The lowest BCUT2D eigenvalue weighted by molar-refractivity contribution is -0.169. The van der Waals surface area contributed by atoms with E-state index >= 15 is 0 Å². The molecule has 24 heavy (non-hydrogen) atoms. The molecule has 128 valence electrons. The third-order valence-corrected chi connectivity index (χ3v) is 3.29. The summed E-state index contributed by atoms with van der Waals surface area (Å²) >= 11 is 0. The van der Waals surface area contributed by atoms with Gasteiger partial charge in [-0.2, -0.15) is 23.0 Å². The average molecular weight is 340 g/mol. The fourth-order valence-corrected chi connectivity index (χ4v) is 1.93. The molecule has 0 aliphatic heterocycles. The molecule has 1 amide bonds. The maximum absolute atomic E-state index is 12.6. The Balaban J connectivity index is 2.18. The summed E-state index contributed by atoms with van der Waals surface area (Å²) in [6, 6.07) is 10.6. The Kier molecular flexibility index (Phi) is 5.35. The van der Waals surface area contributed by atoms with E-state index < -0.39 is 36.7 Å². The molecule has 3 N–H and O–H groups in total. The molecule has 0 saturated heterocycles. The van der Waals surface area contributed by atoms with Gasteiger partial charge in [-0.3, -0.25) is 9.59 Å². The molecule has 0 spiro atoms. The Morgan fingerprint density at radius 1 is 1.21 bits per heavy atom. The van der Waals surface area contributed by atoms with E-state index in [2.05, 4.69) is 10.4 Å². The Morgan fingerprint density at radius 2 is 1.88 bits per heavy atom. The number of rotatable bonds is 5. The minimum absolute atomic E-state index is 0.170. The summed E-state index contributed by atoms with van der Waals surface area (Å²) in [7, 11) is 0. The molecule has 2 rings (SSSR count). The van der Waals surface area contributed by atoms with Gasteiger partial charge in [-0.05, 0) is 18.2 Å². The van der Waals surface area contributed by atoms with Gasteiger partial charge in [0.1, 0.15) is 5.69 Å². The molecule has 0 aliphatic carbocycles. The van der Waals surface area contributed by atoms with Crippen molar-refractivity contribution in [2.24, 2.45) is 11.7 Å². The Hall–Kier alpha value is -2.68. The maximum Gasteiger partial charge on any atom is 0.394 e. The van der Waals surface area contributed by atoms with Gasteiger partial charge in [-0.15, -0.1) is 0 Å². The minimum atomic E-state index is -4.50. The monoisotopic (exact) mass is 340 g/mol. The molecule has 0 fully saturated rings. The van der Waals surface area contributed by atoms with Crippen LogP contribution < -0.4 is 16.6 Å². The molecular formula is C15H15F3N4O2. The molecular weight excluding hydrogens is 325 g/mol. The summed E-state index contributed by atoms with van der Waals surface area (Å²) in [5.74, 6) is -2.66. The lowest BCUT2D eigenvalue weighted by atomic mass is 10.1. The molecule has 2 aromatic rings. The number of halogens is 3. The number of nitrogens with one attached hydrogen (secondary N) is 1. The van der Waals surface area contributed by atoms with Gasteiger partial charge < -0.3 is 11.1 Å². The normalized spacial score (nSPS) is 12.7. The average Bonchev–Trinajstić information content (AvgIpc) is 2.55. The van der Waals surface area contributed by atoms with Gasteiger partial charge in [0.05, 0.1) is 11.6 Å². The second-order valence-electron chi connectivity index (χ2n) is 4.99. The van der Waals surface area contributed by atoms with E-state index in [9.17, 15) is 22.8 Å². The summed E-state index contributed by atoms with van der Waals surface area (Å²) in [4.78, 5) is 23.8. The lowest BCUT2D eigenvalue weighted by Gasteiger charge is -2.18. The van der Waals surface area contributed by atoms with Gasteiger partial charge in [0.2, 0.25) is 0 Å².